The van der Waals surface area contributed by atoms with Crippen molar-refractivity contribution in [2.45, 2.75) is 0 Å². The van der Waals surface area contributed by atoms with Crippen LogP contribution in [0.15, 0.2) is 142 Å². The van der Waals surface area contributed by atoms with Gasteiger partial charge in [-0.25, -0.2) is 0 Å². The second-order valence-corrected chi connectivity index (χ2v) is 10.8. The molecule has 210 valence electrons. The molecule has 0 aliphatic heterocycles. The SMILES string of the molecule is C=CC(c1ccc2ccc(-c3c(C=C)c(C=C)c(-c4cccc(C=C)c4C=C)c4ccccc34)cc2c1)=c1ccccc1=C. The first-order chi connectivity index (χ1) is 21.5. The van der Waals surface area contributed by atoms with Crippen molar-refractivity contribution in [2.75, 3.05) is 0 Å². The largest absolute Gasteiger partial charge is 0.0984 e. The first-order valence-electron chi connectivity index (χ1n) is 14.7. The molecule has 0 aliphatic carbocycles. The molecule has 0 atom stereocenters. The van der Waals surface area contributed by atoms with Crippen molar-refractivity contribution in [1.29, 1.82) is 0 Å². The van der Waals surface area contributed by atoms with Gasteiger partial charge in [0.15, 0.2) is 0 Å². The quantitative estimate of drug-likeness (QED) is 0.173. The second-order valence-electron chi connectivity index (χ2n) is 10.8. The Kier molecular flexibility index (Phi) is 7.67. The van der Waals surface area contributed by atoms with E-state index < -0.39 is 0 Å². The maximum absolute atomic E-state index is 4.29. The van der Waals surface area contributed by atoms with Gasteiger partial charge in [0.25, 0.3) is 0 Å². The van der Waals surface area contributed by atoms with E-state index in [2.05, 4.69) is 124 Å². The molecular weight excluding hydrogens is 528 g/mol. The molecule has 0 radical (unpaired) electrons. The van der Waals surface area contributed by atoms with Crippen molar-refractivity contribution in [3.8, 4) is 22.3 Å². The summed E-state index contributed by atoms with van der Waals surface area (Å²) in [6.45, 7) is 25.1. The summed E-state index contributed by atoms with van der Waals surface area (Å²) >= 11 is 0. The van der Waals surface area contributed by atoms with E-state index in [0.29, 0.717) is 0 Å². The first-order valence-corrected chi connectivity index (χ1v) is 14.7. The van der Waals surface area contributed by atoms with Gasteiger partial charge >= 0.3 is 0 Å². The molecule has 44 heavy (non-hydrogen) atoms. The van der Waals surface area contributed by atoms with Gasteiger partial charge in [0.2, 0.25) is 0 Å². The van der Waals surface area contributed by atoms with Crippen molar-refractivity contribution in [3.63, 3.8) is 0 Å². The van der Waals surface area contributed by atoms with Crippen LogP contribution in [-0.2, 0) is 0 Å². The zero-order chi connectivity index (χ0) is 30.8. The highest BCUT2D eigenvalue weighted by Gasteiger charge is 2.20. The Morgan fingerprint density at radius 2 is 1.18 bits per heavy atom. The smallest absolute Gasteiger partial charge is 0.00204 e. The van der Waals surface area contributed by atoms with E-state index in [1.54, 1.807) is 0 Å². The Morgan fingerprint density at radius 1 is 0.523 bits per heavy atom. The maximum Gasteiger partial charge on any atom is -0.00204 e. The van der Waals surface area contributed by atoms with Crippen LogP contribution in [0.2, 0.25) is 0 Å². The zero-order valence-corrected chi connectivity index (χ0v) is 24.9. The van der Waals surface area contributed by atoms with E-state index in [0.717, 1.165) is 82.2 Å². The highest BCUT2D eigenvalue weighted by molar-refractivity contribution is 6.13. The number of hydrogen-bond donors (Lipinski definition) is 0. The summed E-state index contributed by atoms with van der Waals surface area (Å²) < 4.78 is 0. The lowest BCUT2D eigenvalue weighted by Crippen LogP contribution is -2.24. The third-order valence-electron chi connectivity index (χ3n) is 8.49. The van der Waals surface area contributed by atoms with E-state index in [1.807, 2.05) is 48.6 Å². The van der Waals surface area contributed by atoms with Gasteiger partial charge in [0.05, 0.1) is 0 Å². The number of fused-ring (bicyclic) bond motifs is 2. The van der Waals surface area contributed by atoms with Crippen molar-refractivity contribution >= 4 is 58.0 Å². The molecular formula is C44H34. The second kappa shape index (κ2) is 11.9. The van der Waals surface area contributed by atoms with Crippen LogP contribution >= 0.6 is 0 Å². The molecule has 0 amide bonds. The lowest BCUT2D eigenvalue weighted by Gasteiger charge is -2.22. The van der Waals surface area contributed by atoms with E-state index >= 15 is 0 Å². The minimum absolute atomic E-state index is 0.980. The first kappa shape index (κ1) is 28.4. The molecule has 0 saturated heterocycles. The molecule has 0 aliphatic rings. The van der Waals surface area contributed by atoms with Gasteiger partial charge in [-0.05, 0) is 99.8 Å². The topological polar surface area (TPSA) is 0 Å². The summed E-state index contributed by atoms with van der Waals surface area (Å²) in [5.74, 6) is 0. The average Bonchev–Trinajstić information content (AvgIpc) is 3.07. The fraction of sp³-hybridized carbons (Fsp3) is 0. The van der Waals surface area contributed by atoms with Crippen LogP contribution in [-0.4, -0.2) is 0 Å². The minimum atomic E-state index is 0.980. The third kappa shape index (κ3) is 4.68. The Morgan fingerprint density at radius 3 is 1.86 bits per heavy atom. The van der Waals surface area contributed by atoms with Crippen molar-refractivity contribution in [2.24, 2.45) is 0 Å². The maximum atomic E-state index is 4.29. The Bertz CT molecular complexity index is 2270. The van der Waals surface area contributed by atoms with Gasteiger partial charge in [-0.3, -0.25) is 0 Å². The lowest BCUT2D eigenvalue weighted by molar-refractivity contribution is 1.49. The highest BCUT2D eigenvalue weighted by Crippen LogP contribution is 2.45. The van der Waals surface area contributed by atoms with Crippen LogP contribution in [0.4, 0.5) is 0 Å². The van der Waals surface area contributed by atoms with Gasteiger partial charge in [-0.1, -0.05) is 161 Å². The molecule has 0 spiro atoms. The van der Waals surface area contributed by atoms with Gasteiger partial charge in [-0.2, -0.15) is 0 Å². The predicted octanol–water partition coefficient (Wildman–Crippen LogP) is 10.7. The Labute approximate surface area is 260 Å². The van der Waals surface area contributed by atoms with Crippen LogP contribution in [0.25, 0.3) is 80.3 Å². The van der Waals surface area contributed by atoms with Crippen LogP contribution in [0.3, 0.4) is 0 Å². The molecule has 0 heterocycles. The molecule has 0 bridgehead atoms. The molecule has 0 unspecified atom stereocenters. The van der Waals surface area contributed by atoms with Crippen molar-refractivity contribution in [3.05, 3.63) is 180 Å². The number of rotatable bonds is 8. The average molecular weight is 563 g/mol. The zero-order valence-electron chi connectivity index (χ0n) is 24.9. The number of benzene rings is 6. The summed E-state index contributed by atoms with van der Waals surface area (Å²) in [4.78, 5) is 0. The normalized spacial score (nSPS) is 11.6. The molecule has 0 fully saturated rings. The summed E-state index contributed by atoms with van der Waals surface area (Å²) in [5.41, 5.74) is 10.8. The van der Waals surface area contributed by atoms with Gasteiger partial charge < -0.3 is 0 Å². The molecule has 0 saturated carbocycles. The Balaban J connectivity index is 1.67. The predicted molar refractivity (Wildman–Crippen MR) is 197 cm³/mol. The summed E-state index contributed by atoms with van der Waals surface area (Å²) in [5, 5.41) is 6.69. The highest BCUT2D eigenvalue weighted by atomic mass is 14.2. The number of allylic oxidation sites excluding steroid dienone is 1. The molecule has 6 aromatic carbocycles. The van der Waals surface area contributed by atoms with Crippen LogP contribution in [0, 0.1) is 0 Å². The van der Waals surface area contributed by atoms with E-state index in [9.17, 15) is 0 Å². The van der Waals surface area contributed by atoms with Crippen molar-refractivity contribution in [1.82, 2.24) is 0 Å². The molecule has 6 rings (SSSR count). The van der Waals surface area contributed by atoms with Gasteiger partial charge in [0.1, 0.15) is 0 Å². The lowest BCUT2D eigenvalue weighted by atomic mass is 9.81. The van der Waals surface area contributed by atoms with Crippen LogP contribution in [0.1, 0.15) is 27.8 Å². The monoisotopic (exact) mass is 562 g/mol. The summed E-state index contributed by atoms with van der Waals surface area (Å²) in [6, 6.07) is 36.4. The summed E-state index contributed by atoms with van der Waals surface area (Å²) in [7, 11) is 0. The van der Waals surface area contributed by atoms with Crippen molar-refractivity contribution < 1.29 is 0 Å². The third-order valence-corrected chi connectivity index (χ3v) is 8.49. The van der Waals surface area contributed by atoms with E-state index in [-0.39, 0.29) is 0 Å². The standard InChI is InChI=1S/C44H34/c1-7-30-18-16-22-40(35(30)8-2)44-38(11-5)37(10-4)43(41-20-14-15-21-42(41)44)33-26-24-31-23-25-32(27-34(31)28-33)36(9-3)39-19-13-12-17-29(39)6/h7-28H,1-6H2. The van der Waals surface area contributed by atoms with Crippen LogP contribution < -0.4 is 10.4 Å². The molecule has 0 aromatic heterocycles. The van der Waals surface area contributed by atoms with Crippen LogP contribution in [0.5, 0.6) is 0 Å². The molecule has 0 nitrogen and oxygen atoms in total. The molecule has 0 heteroatoms. The minimum Gasteiger partial charge on any atom is -0.0984 e. The summed E-state index contributed by atoms with van der Waals surface area (Å²) in [6.07, 6.45) is 9.64. The Hall–Kier alpha value is -5.72. The molecule has 0 N–H and O–H groups in total. The fourth-order valence-electron chi connectivity index (χ4n) is 6.45. The van der Waals surface area contributed by atoms with E-state index in [4.69, 9.17) is 0 Å². The van der Waals surface area contributed by atoms with E-state index in [1.165, 1.54) is 5.39 Å². The van der Waals surface area contributed by atoms with Gasteiger partial charge in [0, 0.05) is 0 Å². The molecule has 6 aromatic rings. The fourth-order valence-corrected chi connectivity index (χ4v) is 6.45. The van der Waals surface area contributed by atoms with Gasteiger partial charge in [-0.15, -0.1) is 0 Å². The number of hydrogen-bond acceptors (Lipinski definition) is 0.